The zero-order valence-electron chi connectivity index (χ0n) is 16.1. The monoisotopic (exact) mass is 398 g/mol. The highest BCUT2D eigenvalue weighted by atomic mass is 19.1. The maximum atomic E-state index is 14.4. The van der Waals surface area contributed by atoms with Crippen molar-refractivity contribution in [1.82, 2.24) is 9.88 Å². The van der Waals surface area contributed by atoms with E-state index in [1.54, 1.807) is 18.2 Å². The highest BCUT2D eigenvalue weighted by Crippen LogP contribution is 2.27. The zero-order valence-corrected chi connectivity index (χ0v) is 16.1. The van der Waals surface area contributed by atoms with Gasteiger partial charge >= 0.3 is 0 Å². The Morgan fingerprint density at radius 3 is 2.72 bits per heavy atom. The Morgan fingerprint density at radius 1 is 1.10 bits per heavy atom. The third-order valence-electron chi connectivity index (χ3n) is 5.27. The molecule has 0 aliphatic carbocycles. The van der Waals surface area contributed by atoms with E-state index in [9.17, 15) is 13.9 Å². The van der Waals surface area contributed by atoms with Crippen molar-refractivity contribution >= 4 is 28.5 Å². The van der Waals surface area contributed by atoms with Crippen molar-refractivity contribution in [2.45, 2.75) is 19.3 Å². The van der Waals surface area contributed by atoms with E-state index >= 15 is 0 Å². The second-order valence-electron chi connectivity index (χ2n) is 7.33. The summed E-state index contributed by atoms with van der Waals surface area (Å²) in [6.45, 7) is 3.83. The Kier molecular flexibility index (Phi) is 5.76. The van der Waals surface area contributed by atoms with Gasteiger partial charge in [0.15, 0.2) is 5.88 Å². The number of nitrogens with one attached hydrogen (secondary N) is 2. The standard InChI is InChI=1S/C22H24F2N4O/c23-15-4-6-17-18(22(29)27-21(17)12-15)14-26-16-5-7-20(19(24)13-16)25-8-11-28-9-2-1-3-10-28/h4-7,12-14,25,27,29H,1-3,8-11H2. The van der Waals surface area contributed by atoms with Crippen LogP contribution in [-0.4, -0.2) is 47.4 Å². The summed E-state index contributed by atoms with van der Waals surface area (Å²) in [5, 5.41) is 13.8. The van der Waals surface area contributed by atoms with E-state index in [2.05, 4.69) is 20.2 Å². The predicted molar refractivity (Wildman–Crippen MR) is 112 cm³/mol. The summed E-state index contributed by atoms with van der Waals surface area (Å²) >= 11 is 0. The summed E-state index contributed by atoms with van der Waals surface area (Å²) in [6.07, 6.45) is 5.22. The van der Waals surface area contributed by atoms with Gasteiger partial charge in [0.25, 0.3) is 0 Å². The number of aromatic amines is 1. The summed E-state index contributed by atoms with van der Waals surface area (Å²) in [7, 11) is 0. The molecule has 3 N–H and O–H groups in total. The molecule has 0 spiro atoms. The molecule has 2 heterocycles. The lowest BCUT2D eigenvalue weighted by molar-refractivity contribution is 0.237. The van der Waals surface area contributed by atoms with Crippen LogP contribution in [0.4, 0.5) is 20.2 Å². The van der Waals surface area contributed by atoms with Crippen LogP contribution in [0, 0.1) is 11.6 Å². The minimum Gasteiger partial charge on any atom is -0.494 e. The zero-order chi connectivity index (χ0) is 20.2. The molecule has 5 nitrogen and oxygen atoms in total. The normalized spacial score (nSPS) is 15.4. The molecule has 1 saturated heterocycles. The number of aromatic hydroxyl groups is 1. The number of nitrogens with zero attached hydrogens (tertiary/aromatic N) is 2. The number of hydrogen-bond donors (Lipinski definition) is 3. The quantitative estimate of drug-likeness (QED) is 0.523. The molecular weight excluding hydrogens is 374 g/mol. The second kappa shape index (κ2) is 8.61. The molecule has 1 aliphatic heterocycles. The van der Waals surface area contributed by atoms with Crippen molar-refractivity contribution in [1.29, 1.82) is 0 Å². The number of H-pyrrole nitrogens is 1. The minimum atomic E-state index is -0.396. The number of likely N-dealkylation sites (tertiary alicyclic amines) is 1. The third-order valence-corrected chi connectivity index (χ3v) is 5.27. The highest BCUT2D eigenvalue weighted by molar-refractivity contribution is 6.02. The van der Waals surface area contributed by atoms with Gasteiger partial charge in [0.05, 0.1) is 22.5 Å². The van der Waals surface area contributed by atoms with Crippen LogP contribution in [0.2, 0.25) is 0 Å². The van der Waals surface area contributed by atoms with E-state index < -0.39 is 5.82 Å². The van der Waals surface area contributed by atoms with Gasteiger partial charge in [-0.25, -0.2) is 8.78 Å². The molecule has 0 amide bonds. The van der Waals surface area contributed by atoms with Gasteiger partial charge in [0.1, 0.15) is 11.6 Å². The van der Waals surface area contributed by atoms with Crippen LogP contribution in [0.15, 0.2) is 41.4 Å². The summed E-state index contributed by atoms with van der Waals surface area (Å²) in [5.41, 5.74) is 1.79. The number of rotatable bonds is 6. The first-order chi connectivity index (χ1) is 14.1. The lowest BCUT2D eigenvalue weighted by Crippen LogP contribution is -2.33. The molecule has 152 valence electrons. The number of halogens is 2. The number of anilines is 1. The summed E-state index contributed by atoms with van der Waals surface area (Å²) in [5.74, 6) is -0.873. The SMILES string of the molecule is Oc1[nH]c2cc(F)ccc2c1C=Nc1ccc(NCCN2CCCCC2)c(F)c1. The van der Waals surface area contributed by atoms with Gasteiger partial charge in [-0.05, 0) is 56.3 Å². The first-order valence-corrected chi connectivity index (χ1v) is 9.90. The third kappa shape index (κ3) is 4.56. The van der Waals surface area contributed by atoms with Gasteiger partial charge in [0, 0.05) is 30.8 Å². The lowest BCUT2D eigenvalue weighted by atomic mass is 10.1. The Bertz CT molecular complexity index is 1030. The topological polar surface area (TPSA) is 63.6 Å². The Morgan fingerprint density at radius 2 is 1.93 bits per heavy atom. The molecule has 7 heteroatoms. The molecule has 0 saturated carbocycles. The maximum Gasteiger partial charge on any atom is 0.198 e. The van der Waals surface area contributed by atoms with E-state index in [0.29, 0.717) is 34.4 Å². The van der Waals surface area contributed by atoms with E-state index in [4.69, 9.17) is 0 Å². The van der Waals surface area contributed by atoms with Gasteiger partial charge in [-0.2, -0.15) is 0 Å². The average Bonchev–Trinajstić information content (AvgIpc) is 3.02. The van der Waals surface area contributed by atoms with Crippen molar-refractivity contribution in [2.24, 2.45) is 4.99 Å². The smallest absolute Gasteiger partial charge is 0.198 e. The van der Waals surface area contributed by atoms with Gasteiger partial charge in [-0.15, -0.1) is 0 Å². The molecule has 1 fully saturated rings. The number of benzene rings is 2. The van der Waals surface area contributed by atoms with Crippen LogP contribution >= 0.6 is 0 Å². The van der Waals surface area contributed by atoms with Crippen molar-refractivity contribution in [2.75, 3.05) is 31.5 Å². The van der Waals surface area contributed by atoms with Crippen LogP contribution in [0.1, 0.15) is 24.8 Å². The molecule has 0 bridgehead atoms. The Balaban J connectivity index is 1.42. The van der Waals surface area contributed by atoms with E-state index in [1.807, 2.05) is 0 Å². The van der Waals surface area contributed by atoms with Gasteiger partial charge in [-0.1, -0.05) is 6.42 Å². The summed E-state index contributed by atoms with van der Waals surface area (Å²) < 4.78 is 27.7. The summed E-state index contributed by atoms with van der Waals surface area (Å²) in [4.78, 5) is 9.37. The molecule has 3 aromatic rings. The van der Waals surface area contributed by atoms with E-state index in [0.717, 1.165) is 19.6 Å². The van der Waals surface area contributed by atoms with Crippen LogP contribution in [-0.2, 0) is 0 Å². The van der Waals surface area contributed by atoms with Crippen molar-refractivity contribution < 1.29 is 13.9 Å². The fourth-order valence-electron chi connectivity index (χ4n) is 3.71. The highest BCUT2D eigenvalue weighted by Gasteiger charge is 2.11. The molecule has 1 aromatic heterocycles. The number of aromatic nitrogens is 1. The molecular formula is C22H24F2N4O. The number of piperidine rings is 1. The molecule has 0 unspecified atom stereocenters. The Hall–Kier alpha value is -2.93. The lowest BCUT2D eigenvalue weighted by Gasteiger charge is -2.26. The largest absolute Gasteiger partial charge is 0.494 e. The van der Waals surface area contributed by atoms with E-state index in [-0.39, 0.29) is 11.7 Å². The van der Waals surface area contributed by atoms with Gasteiger partial charge < -0.3 is 20.3 Å². The van der Waals surface area contributed by atoms with Crippen molar-refractivity contribution in [3.05, 3.63) is 53.6 Å². The maximum absolute atomic E-state index is 14.4. The number of fused-ring (bicyclic) bond motifs is 1. The van der Waals surface area contributed by atoms with Gasteiger partial charge in [0.2, 0.25) is 0 Å². The van der Waals surface area contributed by atoms with Crippen molar-refractivity contribution in [3.63, 3.8) is 0 Å². The Labute approximate surface area is 168 Å². The number of hydrogen-bond acceptors (Lipinski definition) is 4. The fraction of sp³-hybridized carbons (Fsp3) is 0.318. The molecule has 0 radical (unpaired) electrons. The summed E-state index contributed by atoms with van der Waals surface area (Å²) in [6, 6.07) is 8.92. The fourth-order valence-corrected chi connectivity index (χ4v) is 3.71. The second-order valence-corrected chi connectivity index (χ2v) is 7.33. The molecule has 4 rings (SSSR count). The molecule has 2 aromatic carbocycles. The number of aliphatic imine (C=N–C) groups is 1. The molecule has 29 heavy (non-hydrogen) atoms. The van der Waals surface area contributed by atoms with Crippen LogP contribution in [0.25, 0.3) is 10.9 Å². The minimum absolute atomic E-state index is 0.106. The van der Waals surface area contributed by atoms with Crippen LogP contribution in [0.5, 0.6) is 5.88 Å². The van der Waals surface area contributed by atoms with Crippen LogP contribution in [0.3, 0.4) is 0 Å². The first kappa shape index (κ1) is 19.4. The molecule has 0 atom stereocenters. The van der Waals surface area contributed by atoms with E-state index in [1.165, 1.54) is 43.7 Å². The van der Waals surface area contributed by atoms with Crippen LogP contribution < -0.4 is 5.32 Å². The molecule has 1 aliphatic rings. The first-order valence-electron chi connectivity index (χ1n) is 9.90. The van der Waals surface area contributed by atoms with Crippen molar-refractivity contribution in [3.8, 4) is 5.88 Å². The average molecular weight is 398 g/mol. The predicted octanol–water partition coefficient (Wildman–Crippen LogP) is 4.80. The van der Waals surface area contributed by atoms with Gasteiger partial charge in [-0.3, -0.25) is 4.99 Å².